The Balaban J connectivity index is 0.000000197. The van der Waals surface area contributed by atoms with Gasteiger partial charge in [-0.3, -0.25) is 9.35 Å². The van der Waals surface area contributed by atoms with Gasteiger partial charge >= 0.3 is 5.97 Å². The number of rotatable bonds is 4. The maximum absolute atomic E-state index is 10.8. The zero-order valence-corrected chi connectivity index (χ0v) is 15.4. The molecule has 0 amide bonds. The molecule has 2 aliphatic carbocycles. The van der Waals surface area contributed by atoms with Gasteiger partial charge in [0.05, 0.1) is 11.3 Å². The summed E-state index contributed by atoms with van der Waals surface area (Å²) in [6.45, 7) is 2.28. The molecule has 140 valence electrons. The first-order chi connectivity index (χ1) is 12.1. The van der Waals surface area contributed by atoms with Crippen LogP contribution in [0, 0.1) is 36.5 Å². The van der Waals surface area contributed by atoms with E-state index in [0.29, 0.717) is 18.4 Å². The summed E-state index contributed by atoms with van der Waals surface area (Å²) in [5.41, 5.74) is 7.46. The number of carboxylic acid groups (broad SMARTS) is 1. The van der Waals surface area contributed by atoms with Crippen LogP contribution in [-0.2, 0) is 14.9 Å². The van der Waals surface area contributed by atoms with Crippen LogP contribution in [-0.4, -0.2) is 30.6 Å². The molecule has 0 aromatic heterocycles. The Kier molecular flexibility index (Phi) is 5.91. The highest BCUT2D eigenvalue weighted by Crippen LogP contribution is 2.59. The van der Waals surface area contributed by atoms with E-state index < -0.39 is 16.1 Å². The second-order valence-electron chi connectivity index (χ2n) is 6.96. The molecule has 0 heterocycles. The zero-order valence-electron chi connectivity index (χ0n) is 14.6. The Morgan fingerprint density at radius 3 is 2.46 bits per heavy atom. The summed E-state index contributed by atoms with van der Waals surface area (Å²) in [4.78, 5) is 10.7. The highest BCUT2D eigenvalue weighted by atomic mass is 32.2. The van der Waals surface area contributed by atoms with E-state index in [2.05, 4.69) is 12.0 Å². The number of hydrogen-bond donors (Lipinski definition) is 3. The van der Waals surface area contributed by atoms with Crippen LogP contribution in [0.25, 0.3) is 0 Å². The Morgan fingerprint density at radius 2 is 2.00 bits per heavy atom. The van der Waals surface area contributed by atoms with Crippen molar-refractivity contribution in [2.45, 2.75) is 31.1 Å². The number of aliphatic carboxylic acids is 1. The number of benzene rings is 1. The van der Waals surface area contributed by atoms with Gasteiger partial charge in [-0.1, -0.05) is 29.7 Å². The second kappa shape index (κ2) is 7.62. The van der Waals surface area contributed by atoms with E-state index in [1.54, 1.807) is 12.1 Å². The third kappa shape index (κ3) is 4.33. The van der Waals surface area contributed by atoms with Crippen LogP contribution in [0.5, 0.6) is 0 Å². The van der Waals surface area contributed by atoms with Crippen LogP contribution in [0.1, 0.15) is 24.8 Å². The number of terminal acetylenes is 1. The van der Waals surface area contributed by atoms with Gasteiger partial charge in [0, 0.05) is 0 Å². The third-order valence-electron chi connectivity index (χ3n) is 5.16. The lowest BCUT2D eigenvalue weighted by molar-refractivity contribution is -0.144. The van der Waals surface area contributed by atoms with Crippen molar-refractivity contribution in [3.8, 4) is 12.3 Å². The summed E-state index contributed by atoms with van der Waals surface area (Å²) in [5, 5.41) is 8.87. The summed E-state index contributed by atoms with van der Waals surface area (Å²) in [7, 11) is -4.02. The predicted octanol–water partition coefficient (Wildman–Crippen LogP) is 2.25. The van der Waals surface area contributed by atoms with Gasteiger partial charge in [-0.2, -0.15) is 8.42 Å². The van der Waals surface area contributed by atoms with Crippen molar-refractivity contribution in [3.05, 3.63) is 41.5 Å². The van der Waals surface area contributed by atoms with Crippen molar-refractivity contribution in [2.24, 2.45) is 23.0 Å². The highest BCUT2D eigenvalue weighted by Gasteiger charge is 2.54. The van der Waals surface area contributed by atoms with Crippen LogP contribution in [0.2, 0.25) is 0 Å². The topological polar surface area (TPSA) is 118 Å². The molecule has 0 saturated heterocycles. The zero-order chi connectivity index (χ0) is 19.5. The fraction of sp³-hybridized carbons (Fsp3) is 0.421. The van der Waals surface area contributed by atoms with Crippen molar-refractivity contribution in [1.29, 1.82) is 0 Å². The minimum absolute atomic E-state index is 0.0666. The highest BCUT2D eigenvalue weighted by molar-refractivity contribution is 7.85. The van der Waals surface area contributed by atoms with Gasteiger partial charge in [0.25, 0.3) is 10.1 Å². The third-order valence-corrected chi connectivity index (χ3v) is 6.03. The fourth-order valence-electron chi connectivity index (χ4n) is 3.80. The first kappa shape index (κ1) is 20.2. The Morgan fingerprint density at radius 1 is 1.38 bits per heavy atom. The largest absolute Gasteiger partial charge is 0.481 e. The normalized spacial score (nSPS) is 26.5. The van der Waals surface area contributed by atoms with Crippen molar-refractivity contribution in [3.63, 3.8) is 0 Å². The summed E-state index contributed by atoms with van der Waals surface area (Å²) < 4.78 is 29.6. The molecule has 4 N–H and O–H groups in total. The van der Waals surface area contributed by atoms with Gasteiger partial charge in [0.2, 0.25) is 0 Å². The van der Waals surface area contributed by atoms with Crippen LogP contribution in [0.15, 0.2) is 40.8 Å². The fourth-order valence-corrected chi connectivity index (χ4v) is 4.28. The molecule has 26 heavy (non-hydrogen) atoms. The quantitative estimate of drug-likeness (QED) is 0.547. The van der Waals surface area contributed by atoms with E-state index >= 15 is 0 Å². The summed E-state index contributed by atoms with van der Waals surface area (Å²) in [5.74, 6) is 2.73. The molecule has 0 radical (unpaired) electrons. The lowest BCUT2D eigenvalue weighted by Gasteiger charge is -2.51. The lowest BCUT2D eigenvalue weighted by Crippen LogP contribution is -2.51. The standard InChI is InChI=1S/C12H15NO2.C7H8O3S/c1-2-8-3-9-5-12(7-13,6-11(14)15)10(9)4-8;1-6-2-4-7(5-3-6)11(8,9)10/h1,4,9-10H,3,5-7,13H2,(H,14,15);2-5H,1H3,(H,8,9,10)/t9-,10-,12-;/m1./s1. The molecule has 1 saturated carbocycles. The molecular formula is C19H23NO5S. The Hall–Kier alpha value is -2.14. The molecule has 0 spiro atoms. The van der Waals surface area contributed by atoms with E-state index in [0.717, 1.165) is 24.0 Å². The van der Waals surface area contributed by atoms with Gasteiger partial charge in [-0.25, -0.2) is 0 Å². The number of carbonyl (C=O) groups is 1. The van der Waals surface area contributed by atoms with Crippen molar-refractivity contribution < 1.29 is 22.9 Å². The molecule has 2 aliphatic rings. The SMILES string of the molecule is C#CC1=C[C@@H]2[C@H](C1)C[C@]2(CN)CC(=O)O.Cc1ccc(S(=O)(=O)O)cc1. The second-order valence-corrected chi connectivity index (χ2v) is 8.38. The molecule has 7 heteroatoms. The van der Waals surface area contributed by atoms with Crippen molar-refractivity contribution >= 4 is 16.1 Å². The molecule has 6 nitrogen and oxygen atoms in total. The lowest BCUT2D eigenvalue weighted by atomic mass is 9.53. The van der Waals surface area contributed by atoms with Gasteiger partial charge in [0.1, 0.15) is 0 Å². The number of allylic oxidation sites excluding steroid dienone is 2. The molecule has 3 rings (SSSR count). The number of carboxylic acids is 1. The van der Waals surface area contributed by atoms with Crippen molar-refractivity contribution in [1.82, 2.24) is 0 Å². The average molecular weight is 377 g/mol. The molecule has 0 aliphatic heterocycles. The van der Waals surface area contributed by atoms with Crippen LogP contribution >= 0.6 is 0 Å². The molecule has 3 atom stereocenters. The summed E-state index contributed by atoms with van der Waals surface area (Å²) in [6.07, 6.45) is 9.41. The minimum atomic E-state index is -4.02. The average Bonchev–Trinajstić information content (AvgIpc) is 2.90. The number of fused-ring (bicyclic) bond motifs is 1. The predicted molar refractivity (Wildman–Crippen MR) is 97.9 cm³/mol. The van der Waals surface area contributed by atoms with Gasteiger partial charge in [-0.15, -0.1) is 6.42 Å². The van der Waals surface area contributed by atoms with Crippen LogP contribution < -0.4 is 5.73 Å². The molecule has 0 bridgehead atoms. The minimum Gasteiger partial charge on any atom is -0.481 e. The Bertz CT molecular complexity index is 851. The maximum Gasteiger partial charge on any atom is 0.303 e. The molecule has 1 aromatic carbocycles. The van der Waals surface area contributed by atoms with Crippen LogP contribution in [0.3, 0.4) is 0 Å². The van der Waals surface area contributed by atoms with Gasteiger partial charge < -0.3 is 10.8 Å². The molecular weight excluding hydrogens is 354 g/mol. The number of aryl methyl sites for hydroxylation is 1. The maximum atomic E-state index is 10.8. The Labute approximate surface area is 153 Å². The first-order valence-corrected chi connectivity index (χ1v) is 9.68. The molecule has 1 aromatic rings. The smallest absolute Gasteiger partial charge is 0.303 e. The summed E-state index contributed by atoms with van der Waals surface area (Å²) in [6, 6.07) is 5.99. The van der Waals surface area contributed by atoms with E-state index in [9.17, 15) is 13.2 Å². The molecule has 1 fully saturated rings. The monoisotopic (exact) mass is 377 g/mol. The van der Waals surface area contributed by atoms with E-state index in [1.165, 1.54) is 12.1 Å². The van der Waals surface area contributed by atoms with Crippen molar-refractivity contribution in [2.75, 3.05) is 6.54 Å². The van der Waals surface area contributed by atoms with E-state index in [1.807, 2.05) is 6.92 Å². The first-order valence-electron chi connectivity index (χ1n) is 8.24. The number of nitrogens with two attached hydrogens (primary N) is 1. The summed E-state index contributed by atoms with van der Waals surface area (Å²) >= 11 is 0. The van der Waals surface area contributed by atoms with E-state index in [-0.39, 0.29) is 16.7 Å². The van der Waals surface area contributed by atoms with Gasteiger partial charge in [0.15, 0.2) is 0 Å². The van der Waals surface area contributed by atoms with Crippen LogP contribution in [0.4, 0.5) is 0 Å². The molecule has 0 unspecified atom stereocenters. The number of hydrogen-bond acceptors (Lipinski definition) is 4. The van der Waals surface area contributed by atoms with E-state index in [4.69, 9.17) is 21.8 Å². The van der Waals surface area contributed by atoms with Gasteiger partial charge in [-0.05, 0) is 61.3 Å².